The van der Waals surface area contributed by atoms with Crippen LogP contribution < -0.4 is 11.5 Å². The van der Waals surface area contributed by atoms with Crippen LogP contribution in [-0.4, -0.2) is 12.5 Å². The van der Waals surface area contributed by atoms with Crippen molar-refractivity contribution >= 4 is 5.91 Å². The largest absolute Gasteiger partial charge is 0.366 e. The van der Waals surface area contributed by atoms with Gasteiger partial charge in [-0.1, -0.05) is 24.3 Å². The number of amides is 1. The van der Waals surface area contributed by atoms with Gasteiger partial charge >= 0.3 is 0 Å². The third-order valence-corrected chi connectivity index (χ3v) is 2.92. The van der Waals surface area contributed by atoms with Gasteiger partial charge in [-0.2, -0.15) is 0 Å². The second-order valence-corrected chi connectivity index (χ2v) is 4.29. The molecular weight excluding hydrogens is 243 g/mol. The molecule has 0 aromatic heterocycles. The molecule has 0 aliphatic rings. The summed E-state index contributed by atoms with van der Waals surface area (Å²) < 4.78 is 13.4. The molecule has 0 aliphatic heterocycles. The molecule has 0 spiro atoms. The van der Waals surface area contributed by atoms with Gasteiger partial charge in [0.2, 0.25) is 5.91 Å². The zero-order valence-corrected chi connectivity index (χ0v) is 10.4. The first kappa shape index (κ1) is 13.2. The molecule has 0 fully saturated rings. The monoisotopic (exact) mass is 258 g/mol. The summed E-state index contributed by atoms with van der Waals surface area (Å²) in [4.78, 5) is 11.4. The van der Waals surface area contributed by atoms with E-state index in [0.29, 0.717) is 17.7 Å². The van der Waals surface area contributed by atoms with Crippen molar-refractivity contribution in [2.24, 2.45) is 11.5 Å². The Morgan fingerprint density at radius 2 is 1.95 bits per heavy atom. The summed E-state index contributed by atoms with van der Waals surface area (Å²) in [5, 5.41) is 0. The maximum absolute atomic E-state index is 13.4. The molecule has 4 heteroatoms. The minimum absolute atomic E-state index is 0.311. The van der Waals surface area contributed by atoms with E-state index in [1.165, 1.54) is 18.2 Å². The molecule has 2 aromatic rings. The summed E-state index contributed by atoms with van der Waals surface area (Å²) in [5.74, 6) is -0.969. The Bertz CT molecular complexity index is 611. The number of nitrogens with two attached hydrogens (primary N) is 2. The van der Waals surface area contributed by atoms with Gasteiger partial charge in [0, 0.05) is 5.56 Å². The average Bonchev–Trinajstić information content (AvgIpc) is 2.39. The third kappa shape index (κ3) is 2.98. The lowest BCUT2D eigenvalue weighted by Gasteiger charge is -2.09. The third-order valence-electron chi connectivity index (χ3n) is 2.92. The van der Waals surface area contributed by atoms with Gasteiger partial charge in [-0.15, -0.1) is 0 Å². The number of hydrogen-bond donors (Lipinski definition) is 2. The maximum atomic E-state index is 13.4. The predicted molar refractivity (Wildman–Crippen MR) is 73.1 cm³/mol. The van der Waals surface area contributed by atoms with Crippen LogP contribution in [0.1, 0.15) is 15.9 Å². The van der Waals surface area contributed by atoms with Crippen molar-refractivity contribution < 1.29 is 9.18 Å². The van der Waals surface area contributed by atoms with Crippen LogP contribution >= 0.6 is 0 Å². The molecule has 3 nitrogen and oxygen atoms in total. The van der Waals surface area contributed by atoms with E-state index in [0.717, 1.165) is 17.5 Å². The fourth-order valence-electron chi connectivity index (χ4n) is 2.03. The van der Waals surface area contributed by atoms with Gasteiger partial charge < -0.3 is 11.5 Å². The second-order valence-electron chi connectivity index (χ2n) is 4.29. The topological polar surface area (TPSA) is 69.1 Å². The van der Waals surface area contributed by atoms with E-state index in [2.05, 4.69) is 0 Å². The number of rotatable bonds is 4. The van der Waals surface area contributed by atoms with Gasteiger partial charge in [0.05, 0.1) is 0 Å². The number of hydrogen-bond acceptors (Lipinski definition) is 2. The quantitative estimate of drug-likeness (QED) is 0.881. The molecule has 0 radical (unpaired) electrons. The summed E-state index contributed by atoms with van der Waals surface area (Å²) >= 11 is 0. The molecule has 0 heterocycles. The summed E-state index contributed by atoms with van der Waals surface area (Å²) in [6.45, 7) is 0.537. The first-order chi connectivity index (χ1) is 9.11. The van der Waals surface area contributed by atoms with Crippen molar-refractivity contribution in [1.29, 1.82) is 0 Å². The molecule has 0 atom stereocenters. The minimum atomic E-state index is -0.570. The molecule has 0 bridgehead atoms. The van der Waals surface area contributed by atoms with Crippen LogP contribution in [0.15, 0.2) is 42.5 Å². The maximum Gasteiger partial charge on any atom is 0.249 e. The molecule has 4 N–H and O–H groups in total. The number of halogens is 1. The Morgan fingerprint density at radius 3 is 2.63 bits per heavy atom. The van der Waals surface area contributed by atoms with Crippen LogP contribution in [0.25, 0.3) is 11.1 Å². The van der Waals surface area contributed by atoms with Crippen molar-refractivity contribution in [1.82, 2.24) is 0 Å². The van der Waals surface area contributed by atoms with E-state index in [-0.39, 0.29) is 0 Å². The minimum Gasteiger partial charge on any atom is -0.366 e. The first-order valence-electron chi connectivity index (χ1n) is 6.00. The van der Waals surface area contributed by atoms with Crippen molar-refractivity contribution in [3.63, 3.8) is 0 Å². The highest BCUT2D eigenvalue weighted by Crippen LogP contribution is 2.25. The van der Waals surface area contributed by atoms with E-state index in [1.54, 1.807) is 0 Å². The predicted octanol–water partition coefficient (Wildman–Crippen LogP) is 2.09. The molecule has 2 aromatic carbocycles. The first-order valence-corrected chi connectivity index (χ1v) is 6.00. The lowest BCUT2D eigenvalue weighted by Crippen LogP contribution is -2.12. The lowest BCUT2D eigenvalue weighted by molar-refractivity contribution is 0.100. The van der Waals surface area contributed by atoms with Crippen LogP contribution in [0.4, 0.5) is 4.39 Å². The Morgan fingerprint density at radius 1 is 1.16 bits per heavy atom. The van der Waals surface area contributed by atoms with Crippen molar-refractivity contribution in [3.05, 3.63) is 59.4 Å². The zero-order chi connectivity index (χ0) is 13.8. The SMILES string of the molecule is NCCc1cccc(-c2cc(F)ccc2C(N)=O)c1. The fraction of sp³-hybridized carbons (Fsp3) is 0.133. The van der Waals surface area contributed by atoms with Crippen molar-refractivity contribution in [2.75, 3.05) is 6.54 Å². The number of benzene rings is 2. The van der Waals surface area contributed by atoms with Gasteiger partial charge in [0.1, 0.15) is 5.82 Å². The van der Waals surface area contributed by atoms with E-state index in [9.17, 15) is 9.18 Å². The highest BCUT2D eigenvalue weighted by Gasteiger charge is 2.11. The smallest absolute Gasteiger partial charge is 0.249 e. The summed E-state index contributed by atoms with van der Waals surface area (Å²) in [6.07, 6.45) is 0.731. The Kier molecular flexibility index (Phi) is 3.92. The molecule has 2 rings (SSSR count). The molecule has 0 saturated heterocycles. The van der Waals surface area contributed by atoms with Crippen molar-refractivity contribution in [3.8, 4) is 11.1 Å². The van der Waals surface area contributed by atoms with E-state index in [4.69, 9.17) is 11.5 Å². The number of carbonyl (C=O) groups is 1. The van der Waals surface area contributed by atoms with E-state index >= 15 is 0 Å². The van der Waals surface area contributed by atoms with Crippen molar-refractivity contribution in [2.45, 2.75) is 6.42 Å². The highest BCUT2D eigenvalue weighted by molar-refractivity contribution is 5.99. The van der Waals surface area contributed by atoms with Crippen LogP contribution in [0, 0.1) is 5.82 Å². The molecule has 1 amide bonds. The van der Waals surface area contributed by atoms with Crippen LogP contribution in [0.2, 0.25) is 0 Å². The Labute approximate surface area is 111 Å². The van der Waals surface area contributed by atoms with Crippen LogP contribution in [0.3, 0.4) is 0 Å². The Hall–Kier alpha value is -2.20. The normalized spacial score (nSPS) is 10.4. The summed E-state index contributed by atoms with van der Waals surface area (Å²) in [5.41, 5.74) is 13.5. The van der Waals surface area contributed by atoms with Gasteiger partial charge in [-0.25, -0.2) is 4.39 Å². The van der Waals surface area contributed by atoms with E-state index < -0.39 is 11.7 Å². The van der Waals surface area contributed by atoms with Crippen LogP contribution in [-0.2, 0) is 6.42 Å². The van der Waals surface area contributed by atoms with Gasteiger partial charge in [-0.3, -0.25) is 4.79 Å². The fourth-order valence-corrected chi connectivity index (χ4v) is 2.03. The summed E-state index contributed by atoms with van der Waals surface area (Å²) in [6, 6.07) is 11.5. The number of carbonyl (C=O) groups excluding carboxylic acids is 1. The Balaban J connectivity index is 2.54. The van der Waals surface area contributed by atoms with Crippen LogP contribution in [0.5, 0.6) is 0 Å². The standard InChI is InChI=1S/C15H15FN2O/c16-12-4-5-13(15(18)19)14(9-12)11-3-1-2-10(8-11)6-7-17/h1-5,8-9H,6-7,17H2,(H2,18,19). The summed E-state index contributed by atoms with van der Waals surface area (Å²) in [7, 11) is 0. The molecule has 98 valence electrons. The van der Waals surface area contributed by atoms with Gasteiger partial charge in [-0.05, 0) is 47.9 Å². The average molecular weight is 258 g/mol. The molecule has 0 saturated carbocycles. The number of primary amides is 1. The molecule has 19 heavy (non-hydrogen) atoms. The molecule has 0 unspecified atom stereocenters. The second kappa shape index (κ2) is 5.63. The van der Waals surface area contributed by atoms with E-state index in [1.807, 2.05) is 24.3 Å². The zero-order valence-electron chi connectivity index (χ0n) is 10.4. The highest BCUT2D eigenvalue weighted by atomic mass is 19.1. The van der Waals surface area contributed by atoms with Gasteiger partial charge in [0.25, 0.3) is 0 Å². The van der Waals surface area contributed by atoms with Gasteiger partial charge in [0.15, 0.2) is 0 Å². The lowest BCUT2D eigenvalue weighted by atomic mass is 9.97. The molecular formula is C15H15FN2O. The molecule has 0 aliphatic carbocycles.